The lowest BCUT2D eigenvalue weighted by Gasteiger charge is -1.96. The highest BCUT2D eigenvalue weighted by Crippen LogP contribution is 2.56. The van der Waals surface area contributed by atoms with E-state index in [1.54, 1.807) is 0 Å². The minimum Gasteiger partial charge on any atom is -0.0759 e. The minimum absolute atomic E-state index is 0.914. The first kappa shape index (κ1) is 6.61. The molecule has 1 rings (SSSR count). The summed E-state index contributed by atoms with van der Waals surface area (Å²) in [6, 6.07) is 0. The third kappa shape index (κ3) is 1.48. The SMILES string of the molecule is ClP(Cl)C1=CC=C[CH]1. The molecule has 0 fully saturated rings. The summed E-state index contributed by atoms with van der Waals surface area (Å²) in [5, 5.41) is 1.03. The van der Waals surface area contributed by atoms with Crippen molar-refractivity contribution in [3.63, 3.8) is 0 Å². The Balaban J connectivity index is 2.51. The monoisotopic (exact) mass is 165 g/mol. The van der Waals surface area contributed by atoms with Gasteiger partial charge in [0.1, 0.15) is 6.63 Å². The van der Waals surface area contributed by atoms with Gasteiger partial charge >= 0.3 is 0 Å². The Hall–Kier alpha value is 0.490. The third-order valence-electron chi connectivity index (χ3n) is 0.840. The molecule has 0 saturated carbocycles. The maximum Gasteiger partial charge on any atom is 0.113 e. The van der Waals surface area contributed by atoms with Crippen LogP contribution in [0.3, 0.4) is 0 Å². The van der Waals surface area contributed by atoms with Crippen LogP contribution in [-0.4, -0.2) is 0 Å². The Labute approximate surface area is 59.5 Å². The van der Waals surface area contributed by atoms with Crippen LogP contribution < -0.4 is 0 Å². The van der Waals surface area contributed by atoms with E-state index in [2.05, 4.69) is 0 Å². The zero-order valence-electron chi connectivity index (χ0n) is 4.01. The van der Waals surface area contributed by atoms with Gasteiger partial charge in [0, 0.05) is 6.42 Å². The van der Waals surface area contributed by atoms with Crippen molar-refractivity contribution >= 4 is 29.1 Å². The summed E-state index contributed by atoms with van der Waals surface area (Å²) in [5.41, 5.74) is 0. The van der Waals surface area contributed by atoms with Gasteiger partial charge in [0.15, 0.2) is 0 Å². The van der Waals surface area contributed by atoms with E-state index in [4.69, 9.17) is 22.5 Å². The highest BCUT2D eigenvalue weighted by Gasteiger charge is 2.07. The molecule has 0 aromatic rings. The lowest BCUT2D eigenvalue weighted by molar-refractivity contribution is 1.81. The Bertz CT molecular complexity index is 137. The Kier molecular flexibility index (Phi) is 2.37. The van der Waals surface area contributed by atoms with Gasteiger partial charge in [0.25, 0.3) is 0 Å². The van der Waals surface area contributed by atoms with Crippen molar-refractivity contribution in [3.05, 3.63) is 30.0 Å². The molecule has 0 unspecified atom stereocenters. The summed E-state index contributed by atoms with van der Waals surface area (Å²) >= 11 is 11.1. The molecule has 8 heavy (non-hydrogen) atoms. The predicted molar refractivity (Wildman–Crippen MR) is 40.1 cm³/mol. The highest BCUT2D eigenvalue weighted by molar-refractivity contribution is 8.06. The molecular formula is C5H4Cl2P. The van der Waals surface area contributed by atoms with Crippen LogP contribution in [0.5, 0.6) is 0 Å². The molecule has 0 aromatic heterocycles. The van der Waals surface area contributed by atoms with Gasteiger partial charge in [-0.1, -0.05) is 40.7 Å². The number of halogens is 2. The fourth-order valence-electron chi connectivity index (χ4n) is 0.477. The summed E-state index contributed by atoms with van der Waals surface area (Å²) in [7, 11) is 0. The second-order valence-electron chi connectivity index (χ2n) is 1.38. The topological polar surface area (TPSA) is 0 Å². The van der Waals surface area contributed by atoms with E-state index in [1.165, 1.54) is 0 Å². The molecule has 0 bridgehead atoms. The lowest BCUT2D eigenvalue weighted by atomic mass is 10.5. The van der Waals surface area contributed by atoms with Crippen molar-refractivity contribution in [2.75, 3.05) is 0 Å². The molecule has 0 heterocycles. The van der Waals surface area contributed by atoms with Gasteiger partial charge in [-0.15, -0.1) is 0 Å². The summed E-state index contributed by atoms with van der Waals surface area (Å²) in [6.07, 6.45) is 7.70. The smallest absolute Gasteiger partial charge is 0.0759 e. The third-order valence-corrected chi connectivity index (χ3v) is 2.70. The second-order valence-corrected chi connectivity index (χ2v) is 4.91. The number of rotatable bonds is 1. The fourth-order valence-corrected chi connectivity index (χ4v) is 1.55. The Morgan fingerprint density at radius 1 is 1.25 bits per heavy atom. The summed E-state index contributed by atoms with van der Waals surface area (Å²) in [6.45, 7) is -0.914. The van der Waals surface area contributed by atoms with Crippen molar-refractivity contribution in [2.24, 2.45) is 0 Å². The Morgan fingerprint density at radius 2 is 2.00 bits per heavy atom. The van der Waals surface area contributed by atoms with Crippen molar-refractivity contribution in [1.82, 2.24) is 0 Å². The van der Waals surface area contributed by atoms with Crippen molar-refractivity contribution < 1.29 is 0 Å². The van der Waals surface area contributed by atoms with Crippen LogP contribution in [0.15, 0.2) is 23.5 Å². The van der Waals surface area contributed by atoms with Gasteiger partial charge in [0.05, 0.1) is 0 Å². The van der Waals surface area contributed by atoms with Crippen LogP contribution in [0.4, 0.5) is 0 Å². The number of allylic oxidation sites excluding steroid dienone is 4. The zero-order chi connectivity index (χ0) is 5.98. The van der Waals surface area contributed by atoms with Crippen LogP contribution in [-0.2, 0) is 0 Å². The highest BCUT2D eigenvalue weighted by atomic mass is 35.9. The van der Waals surface area contributed by atoms with Gasteiger partial charge in [0.2, 0.25) is 0 Å². The molecule has 1 aliphatic carbocycles. The molecule has 3 heteroatoms. The standard InChI is InChI=1S/C5H4Cl2P/c6-8(7)5-3-1-2-4-5/h1-4H. The number of hydrogen-bond acceptors (Lipinski definition) is 0. The maximum atomic E-state index is 5.57. The van der Waals surface area contributed by atoms with Gasteiger partial charge in [-0.05, 0) is 5.31 Å². The lowest BCUT2D eigenvalue weighted by Crippen LogP contribution is -1.62. The fraction of sp³-hybridized carbons (Fsp3) is 0. The molecule has 0 amide bonds. The molecule has 1 aliphatic rings. The summed E-state index contributed by atoms with van der Waals surface area (Å²) in [5.74, 6) is 0. The Morgan fingerprint density at radius 3 is 2.25 bits per heavy atom. The van der Waals surface area contributed by atoms with E-state index in [0.717, 1.165) is 5.31 Å². The molecule has 43 valence electrons. The second kappa shape index (κ2) is 2.87. The van der Waals surface area contributed by atoms with Crippen LogP contribution in [0.1, 0.15) is 0 Å². The van der Waals surface area contributed by atoms with Gasteiger partial charge in [-0.2, -0.15) is 0 Å². The van der Waals surface area contributed by atoms with Gasteiger partial charge in [-0.25, -0.2) is 0 Å². The van der Waals surface area contributed by atoms with Crippen molar-refractivity contribution in [3.8, 4) is 0 Å². The molecular weight excluding hydrogens is 162 g/mol. The van der Waals surface area contributed by atoms with Crippen LogP contribution in [0, 0.1) is 6.42 Å². The molecule has 0 nitrogen and oxygen atoms in total. The molecule has 0 spiro atoms. The van der Waals surface area contributed by atoms with Gasteiger partial charge in [-0.3, -0.25) is 0 Å². The molecule has 1 radical (unpaired) electrons. The normalized spacial score (nSPS) is 17.6. The van der Waals surface area contributed by atoms with E-state index in [9.17, 15) is 0 Å². The van der Waals surface area contributed by atoms with Gasteiger partial charge < -0.3 is 0 Å². The summed E-state index contributed by atoms with van der Waals surface area (Å²) in [4.78, 5) is 0. The largest absolute Gasteiger partial charge is 0.113 e. The van der Waals surface area contributed by atoms with E-state index in [1.807, 2.05) is 24.6 Å². The average Bonchev–Trinajstić information content (AvgIpc) is 2.12. The molecule has 0 saturated heterocycles. The molecule has 0 N–H and O–H groups in total. The quantitative estimate of drug-likeness (QED) is 0.523. The molecule has 0 aromatic carbocycles. The molecule has 0 aliphatic heterocycles. The van der Waals surface area contributed by atoms with Crippen LogP contribution in [0.25, 0.3) is 0 Å². The van der Waals surface area contributed by atoms with Crippen LogP contribution >= 0.6 is 29.1 Å². The summed E-state index contributed by atoms with van der Waals surface area (Å²) < 4.78 is 0. The zero-order valence-corrected chi connectivity index (χ0v) is 6.42. The van der Waals surface area contributed by atoms with E-state index < -0.39 is 6.63 Å². The molecule has 0 atom stereocenters. The first-order chi connectivity index (χ1) is 3.80. The van der Waals surface area contributed by atoms with E-state index in [-0.39, 0.29) is 0 Å². The van der Waals surface area contributed by atoms with E-state index in [0.29, 0.717) is 0 Å². The van der Waals surface area contributed by atoms with E-state index >= 15 is 0 Å². The minimum atomic E-state index is -0.914. The first-order valence-corrected chi connectivity index (χ1v) is 5.29. The van der Waals surface area contributed by atoms with Crippen molar-refractivity contribution in [2.45, 2.75) is 0 Å². The average molecular weight is 166 g/mol. The van der Waals surface area contributed by atoms with Crippen molar-refractivity contribution in [1.29, 1.82) is 0 Å². The maximum absolute atomic E-state index is 5.57. The first-order valence-electron chi connectivity index (χ1n) is 2.14. The predicted octanol–water partition coefficient (Wildman–Crippen LogP) is 3.43. The van der Waals surface area contributed by atoms with Crippen LogP contribution in [0.2, 0.25) is 0 Å². The number of hydrogen-bond donors (Lipinski definition) is 0.